The summed E-state index contributed by atoms with van der Waals surface area (Å²) in [6.45, 7) is 5.47. The number of nitrogens with zero attached hydrogens (tertiary/aromatic N) is 2. The van der Waals surface area contributed by atoms with E-state index in [0.717, 1.165) is 17.7 Å². The number of likely N-dealkylation sites (tertiary alicyclic amines) is 1. The Bertz CT molecular complexity index is 1020. The van der Waals surface area contributed by atoms with Gasteiger partial charge in [-0.25, -0.2) is 8.42 Å². The van der Waals surface area contributed by atoms with Crippen LogP contribution in [-0.4, -0.2) is 63.9 Å². The maximum Gasteiger partial charge on any atom is 0.253 e. The average molecular weight is 447 g/mol. The summed E-state index contributed by atoms with van der Waals surface area (Å²) in [5, 5.41) is 0. The Morgan fingerprint density at radius 2 is 1.74 bits per heavy atom. The van der Waals surface area contributed by atoms with Gasteiger partial charge in [0.25, 0.3) is 5.91 Å². The second-order valence-electron chi connectivity index (χ2n) is 7.46. The van der Waals surface area contributed by atoms with Crippen LogP contribution in [0.15, 0.2) is 47.4 Å². The van der Waals surface area contributed by atoms with Gasteiger partial charge in [-0.3, -0.25) is 4.79 Å². The summed E-state index contributed by atoms with van der Waals surface area (Å²) in [5.74, 6) is 1.11. The Morgan fingerprint density at radius 3 is 2.32 bits per heavy atom. The summed E-state index contributed by atoms with van der Waals surface area (Å²) in [5.41, 5.74) is 1.51. The van der Waals surface area contributed by atoms with Gasteiger partial charge >= 0.3 is 0 Å². The molecule has 1 heterocycles. The molecule has 0 aliphatic carbocycles. The van der Waals surface area contributed by atoms with E-state index in [0.29, 0.717) is 31.7 Å². The number of methoxy groups -OCH3 is 2. The summed E-state index contributed by atoms with van der Waals surface area (Å²) < 4.78 is 38.0. The minimum atomic E-state index is -3.76. The number of benzene rings is 2. The molecule has 0 spiro atoms. The van der Waals surface area contributed by atoms with Gasteiger partial charge in [0.2, 0.25) is 10.0 Å². The highest BCUT2D eigenvalue weighted by Crippen LogP contribution is 2.32. The highest BCUT2D eigenvalue weighted by atomic mass is 32.2. The van der Waals surface area contributed by atoms with E-state index in [9.17, 15) is 13.2 Å². The highest BCUT2D eigenvalue weighted by molar-refractivity contribution is 7.89. The summed E-state index contributed by atoms with van der Waals surface area (Å²) in [7, 11) is -0.696. The molecule has 1 aliphatic heterocycles. The standard InChI is InChI=1S/C23H30N2O5S/c1-5-25(6-2)31(27,28)22-15-18(9-12-21(22)30-4)23(26)24-14-13-19(16-24)17-7-10-20(29-3)11-8-17/h7-12,15,19H,5-6,13-14,16H2,1-4H3. The van der Waals surface area contributed by atoms with Crippen molar-refractivity contribution in [2.75, 3.05) is 40.4 Å². The summed E-state index contributed by atoms with van der Waals surface area (Å²) in [6.07, 6.45) is 0.860. The average Bonchev–Trinajstić information content (AvgIpc) is 3.29. The predicted octanol–water partition coefficient (Wildman–Crippen LogP) is 3.36. The van der Waals surface area contributed by atoms with E-state index in [-0.39, 0.29) is 22.5 Å². The zero-order valence-corrected chi connectivity index (χ0v) is 19.3. The van der Waals surface area contributed by atoms with Crippen LogP contribution in [-0.2, 0) is 10.0 Å². The molecule has 1 unspecified atom stereocenters. The van der Waals surface area contributed by atoms with Crippen LogP contribution < -0.4 is 9.47 Å². The molecule has 2 aromatic rings. The number of hydrogen-bond acceptors (Lipinski definition) is 5. The molecule has 0 radical (unpaired) electrons. The lowest BCUT2D eigenvalue weighted by molar-refractivity contribution is 0.0790. The van der Waals surface area contributed by atoms with Crippen molar-refractivity contribution in [1.82, 2.24) is 9.21 Å². The number of carbonyl (C=O) groups excluding carboxylic acids is 1. The molecule has 1 amide bonds. The van der Waals surface area contributed by atoms with Crippen molar-refractivity contribution in [3.63, 3.8) is 0 Å². The minimum absolute atomic E-state index is 0.0236. The van der Waals surface area contributed by atoms with Crippen LogP contribution in [0.3, 0.4) is 0 Å². The molecule has 168 valence electrons. The molecular formula is C23H30N2O5S. The molecule has 7 nitrogen and oxygen atoms in total. The fourth-order valence-electron chi connectivity index (χ4n) is 3.99. The fraction of sp³-hybridized carbons (Fsp3) is 0.435. The van der Waals surface area contributed by atoms with Gasteiger partial charge in [-0.05, 0) is 42.3 Å². The second kappa shape index (κ2) is 9.70. The van der Waals surface area contributed by atoms with Crippen LogP contribution in [0, 0.1) is 0 Å². The first-order valence-electron chi connectivity index (χ1n) is 10.5. The van der Waals surface area contributed by atoms with Gasteiger partial charge in [-0.15, -0.1) is 0 Å². The third-order valence-corrected chi connectivity index (χ3v) is 7.87. The normalized spacial score (nSPS) is 16.5. The minimum Gasteiger partial charge on any atom is -0.497 e. The summed E-state index contributed by atoms with van der Waals surface area (Å²) in [6, 6.07) is 12.5. The Balaban J connectivity index is 1.83. The molecule has 1 saturated heterocycles. The Morgan fingerprint density at radius 1 is 1.06 bits per heavy atom. The van der Waals surface area contributed by atoms with Gasteiger partial charge in [0.15, 0.2) is 0 Å². The molecule has 1 atom stereocenters. The number of amides is 1. The molecule has 8 heteroatoms. The second-order valence-corrected chi connectivity index (χ2v) is 9.37. The Hall–Kier alpha value is -2.58. The lowest BCUT2D eigenvalue weighted by atomic mass is 9.98. The van der Waals surface area contributed by atoms with E-state index in [2.05, 4.69) is 0 Å². The number of rotatable bonds is 8. The predicted molar refractivity (Wildman–Crippen MR) is 119 cm³/mol. The van der Waals surface area contributed by atoms with Crippen LogP contribution in [0.25, 0.3) is 0 Å². The molecule has 0 N–H and O–H groups in total. The molecule has 1 aliphatic rings. The number of carbonyl (C=O) groups is 1. The van der Waals surface area contributed by atoms with E-state index >= 15 is 0 Å². The van der Waals surface area contributed by atoms with Gasteiger partial charge in [0.05, 0.1) is 14.2 Å². The lowest BCUT2D eigenvalue weighted by Gasteiger charge is -2.21. The van der Waals surface area contributed by atoms with Crippen LogP contribution in [0.4, 0.5) is 0 Å². The van der Waals surface area contributed by atoms with Crippen LogP contribution in [0.2, 0.25) is 0 Å². The Labute approximate surface area is 184 Å². The van der Waals surface area contributed by atoms with Crippen molar-refractivity contribution in [2.24, 2.45) is 0 Å². The van der Waals surface area contributed by atoms with E-state index < -0.39 is 10.0 Å². The van der Waals surface area contributed by atoms with Crippen molar-refractivity contribution in [3.05, 3.63) is 53.6 Å². The number of ether oxygens (including phenoxy) is 2. The first-order chi connectivity index (χ1) is 14.8. The van der Waals surface area contributed by atoms with Gasteiger partial charge in [0.1, 0.15) is 16.4 Å². The monoisotopic (exact) mass is 446 g/mol. The smallest absolute Gasteiger partial charge is 0.253 e. The largest absolute Gasteiger partial charge is 0.497 e. The summed E-state index contributed by atoms with van der Waals surface area (Å²) in [4.78, 5) is 15.0. The van der Waals surface area contributed by atoms with Crippen molar-refractivity contribution in [3.8, 4) is 11.5 Å². The molecular weight excluding hydrogens is 416 g/mol. The van der Waals surface area contributed by atoms with Gasteiger partial charge in [0, 0.05) is 37.7 Å². The number of sulfonamides is 1. The van der Waals surface area contributed by atoms with Crippen molar-refractivity contribution >= 4 is 15.9 Å². The first kappa shape index (κ1) is 23.1. The number of hydrogen-bond donors (Lipinski definition) is 0. The zero-order valence-electron chi connectivity index (χ0n) is 18.5. The quantitative estimate of drug-likeness (QED) is 0.622. The van der Waals surface area contributed by atoms with Gasteiger partial charge in [-0.1, -0.05) is 26.0 Å². The van der Waals surface area contributed by atoms with E-state index in [1.807, 2.05) is 24.3 Å². The molecule has 2 aromatic carbocycles. The zero-order chi connectivity index (χ0) is 22.6. The van der Waals surface area contributed by atoms with Crippen LogP contribution in [0.1, 0.15) is 42.1 Å². The van der Waals surface area contributed by atoms with Crippen molar-refractivity contribution in [1.29, 1.82) is 0 Å². The highest BCUT2D eigenvalue weighted by Gasteiger charge is 2.31. The van der Waals surface area contributed by atoms with Crippen molar-refractivity contribution < 1.29 is 22.7 Å². The molecule has 1 fully saturated rings. The van der Waals surface area contributed by atoms with Crippen molar-refractivity contribution in [2.45, 2.75) is 31.1 Å². The first-order valence-corrected chi connectivity index (χ1v) is 11.9. The molecule has 0 aromatic heterocycles. The van der Waals surface area contributed by atoms with E-state index in [4.69, 9.17) is 9.47 Å². The lowest BCUT2D eigenvalue weighted by Crippen LogP contribution is -2.32. The maximum absolute atomic E-state index is 13.2. The van der Waals surface area contributed by atoms with E-state index in [1.54, 1.807) is 38.0 Å². The molecule has 3 rings (SSSR count). The topological polar surface area (TPSA) is 76.2 Å². The van der Waals surface area contributed by atoms with Gasteiger partial charge in [-0.2, -0.15) is 4.31 Å². The maximum atomic E-state index is 13.2. The molecule has 0 saturated carbocycles. The SMILES string of the molecule is CCN(CC)S(=O)(=O)c1cc(C(=O)N2CCC(c3ccc(OC)cc3)C2)ccc1OC. The third kappa shape index (κ3) is 4.70. The third-order valence-electron chi connectivity index (χ3n) is 5.80. The fourth-order valence-corrected chi connectivity index (χ4v) is 5.63. The van der Waals surface area contributed by atoms with Gasteiger partial charge < -0.3 is 14.4 Å². The van der Waals surface area contributed by atoms with Crippen LogP contribution >= 0.6 is 0 Å². The van der Waals surface area contributed by atoms with Crippen LogP contribution in [0.5, 0.6) is 11.5 Å². The summed E-state index contributed by atoms with van der Waals surface area (Å²) >= 11 is 0. The van der Waals surface area contributed by atoms with E-state index in [1.165, 1.54) is 17.5 Å². The molecule has 31 heavy (non-hydrogen) atoms. The molecule has 0 bridgehead atoms. The Kier molecular flexibility index (Phi) is 7.23.